The molecule has 0 aliphatic heterocycles. The van der Waals surface area contributed by atoms with Crippen molar-refractivity contribution in [2.45, 2.75) is 25.3 Å². The van der Waals surface area contributed by atoms with E-state index in [1.54, 1.807) is 6.92 Å². The molecule has 0 radical (unpaired) electrons. The molecular formula is C10H13ClN2O3. The largest absolute Gasteiger partial charge is 0.507 e. The van der Waals surface area contributed by atoms with Gasteiger partial charge in [0.2, 0.25) is 0 Å². The first-order chi connectivity index (χ1) is 7.45. The Morgan fingerprint density at radius 2 is 2.12 bits per heavy atom. The van der Waals surface area contributed by atoms with Gasteiger partial charge in [0.05, 0.1) is 10.8 Å². The summed E-state index contributed by atoms with van der Waals surface area (Å²) in [5.74, 6) is 0.0253. The second kappa shape index (κ2) is 5.14. The van der Waals surface area contributed by atoms with Gasteiger partial charge in [-0.2, -0.15) is 0 Å². The highest BCUT2D eigenvalue weighted by atomic mass is 35.5. The monoisotopic (exact) mass is 244 g/mol. The van der Waals surface area contributed by atoms with E-state index in [2.05, 4.69) is 0 Å². The molecule has 16 heavy (non-hydrogen) atoms. The molecule has 88 valence electrons. The van der Waals surface area contributed by atoms with Crippen LogP contribution in [0.25, 0.3) is 0 Å². The van der Waals surface area contributed by atoms with Gasteiger partial charge in [-0.05, 0) is 13.3 Å². The van der Waals surface area contributed by atoms with Gasteiger partial charge in [-0.25, -0.2) is 0 Å². The van der Waals surface area contributed by atoms with E-state index in [4.69, 9.17) is 17.3 Å². The SMILES string of the molecule is CC(N)Cc1cc([N+](=O)[O-])cc(CCl)c1O. The molecule has 1 aromatic carbocycles. The number of benzene rings is 1. The predicted octanol–water partition coefficient (Wildman–Crippen LogP) is 1.93. The molecule has 1 unspecified atom stereocenters. The number of nitro groups is 1. The number of alkyl halides is 1. The average molecular weight is 245 g/mol. The summed E-state index contributed by atoms with van der Waals surface area (Å²) in [5.41, 5.74) is 6.33. The summed E-state index contributed by atoms with van der Waals surface area (Å²) >= 11 is 5.60. The molecule has 0 aliphatic rings. The van der Waals surface area contributed by atoms with E-state index < -0.39 is 4.92 Å². The van der Waals surface area contributed by atoms with Gasteiger partial charge in [0.15, 0.2) is 0 Å². The van der Waals surface area contributed by atoms with Crippen LogP contribution in [-0.2, 0) is 12.3 Å². The second-order valence-corrected chi connectivity index (χ2v) is 3.95. The lowest BCUT2D eigenvalue weighted by molar-refractivity contribution is -0.385. The summed E-state index contributed by atoms with van der Waals surface area (Å²) < 4.78 is 0. The summed E-state index contributed by atoms with van der Waals surface area (Å²) in [7, 11) is 0. The molecule has 0 aliphatic carbocycles. The molecule has 3 N–H and O–H groups in total. The lowest BCUT2D eigenvalue weighted by Gasteiger charge is -2.10. The van der Waals surface area contributed by atoms with Crippen LogP contribution < -0.4 is 5.73 Å². The molecule has 0 aromatic heterocycles. The van der Waals surface area contributed by atoms with E-state index in [0.29, 0.717) is 17.5 Å². The minimum absolute atomic E-state index is 0.00194. The Balaban J connectivity index is 3.24. The zero-order chi connectivity index (χ0) is 12.3. The first kappa shape index (κ1) is 12.7. The number of non-ortho nitro benzene ring substituents is 1. The lowest BCUT2D eigenvalue weighted by atomic mass is 10.0. The highest BCUT2D eigenvalue weighted by molar-refractivity contribution is 6.17. The summed E-state index contributed by atoms with van der Waals surface area (Å²) in [5, 5.41) is 20.4. The van der Waals surface area contributed by atoms with Crippen molar-refractivity contribution in [3.8, 4) is 5.75 Å². The number of nitro benzene ring substituents is 1. The Morgan fingerprint density at radius 1 is 1.56 bits per heavy atom. The van der Waals surface area contributed by atoms with E-state index >= 15 is 0 Å². The number of hydrogen-bond acceptors (Lipinski definition) is 4. The highest BCUT2D eigenvalue weighted by Crippen LogP contribution is 2.30. The van der Waals surface area contributed by atoms with E-state index in [9.17, 15) is 15.2 Å². The normalized spacial score (nSPS) is 12.4. The fraction of sp³-hybridized carbons (Fsp3) is 0.400. The maximum Gasteiger partial charge on any atom is 0.270 e. The van der Waals surface area contributed by atoms with Crippen LogP contribution in [-0.4, -0.2) is 16.1 Å². The van der Waals surface area contributed by atoms with Crippen molar-refractivity contribution < 1.29 is 10.0 Å². The smallest absolute Gasteiger partial charge is 0.270 e. The Labute approximate surface area is 98.0 Å². The Kier molecular flexibility index (Phi) is 4.09. The van der Waals surface area contributed by atoms with E-state index in [0.717, 1.165) is 0 Å². The van der Waals surface area contributed by atoms with Gasteiger partial charge in [-0.1, -0.05) is 0 Å². The zero-order valence-electron chi connectivity index (χ0n) is 8.81. The standard InChI is InChI=1S/C10H13ClN2O3/c1-6(12)2-7-3-9(13(15)16)4-8(5-11)10(7)14/h3-4,6,14H,2,5,12H2,1H3. The van der Waals surface area contributed by atoms with Crippen LogP contribution in [0, 0.1) is 10.1 Å². The molecule has 0 fully saturated rings. The van der Waals surface area contributed by atoms with Crippen molar-refractivity contribution in [2.75, 3.05) is 0 Å². The molecule has 0 amide bonds. The fourth-order valence-electron chi connectivity index (χ4n) is 1.45. The van der Waals surface area contributed by atoms with Crippen molar-refractivity contribution in [3.05, 3.63) is 33.4 Å². The molecule has 5 nitrogen and oxygen atoms in total. The number of nitrogens with zero attached hydrogens (tertiary/aromatic N) is 1. The molecule has 0 heterocycles. The van der Waals surface area contributed by atoms with Crippen LogP contribution in [0.3, 0.4) is 0 Å². The van der Waals surface area contributed by atoms with Gasteiger partial charge in [0.1, 0.15) is 5.75 Å². The minimum atomic E-state index is -0.514. The van der Waals surface area contributed by atoms with Crippen molar-refractivity contribution >= 4 is 17.3 Å². The molecule has 0 spiro atoms. The summed E-state index contributed by atoms with van der Waals surface area (Å²) in [4.78, 5) is 10.2. The number of phenolic OH excluding ortho intramolecular Hbond substituents is 1. The van der Waals surface area contributed by atoms with Crippen molar-refractivity contribution in [1.29, 1.82) is 0 Å². The summed E-state index contributed by atoms with van der Waals surface area (Å²) in [6.07, 6.45) is 0.372. The van der Waals surface area contributed by atoms with Crippen LogP contribution in [0.2, 0.25) is 0 Å². The van der Waals surface area contributed by atoms with Gasteiger partial charge in [-0.3, -0.25) is 10.1 Å². The Hall–Kier alpha value is -1.33. The molecule has 6 heteroatoms. The van der Waals surface area contributed by atoms with E-state index in [1.807, 2.05) is 0 Å². The number of nitrogens with two attached hydrogens (primary N) is 1. The van der Waals surface area contributed by atoms with Crippen LogP contribution in [0.4, 0.5) is 5.69 Å². The lowest BCUT2D eigenvalue weighted by Crippen LogP contribution is -2.18. The number of hydrogen-bond donors (Lipinski definition) is 2. The third-order valence-corrected chi connectivity index (χ3v) is 2.44. The molecule has 1 aromatic rings. The van der Waals surface area contributed by atoms with E-state index in [-0.39, 0.29) is 23.4 Å². The minimum Gasteiger partial charge on any atom is -0.507 e. The molecular weight excluding hydrogens is 232 g/mol. The third-order valence-electron chi connectivity index (χ3n) is 2.15. The molecule has 1 rings (SSSR count). The van der Waals surface area contributed by atoms with E-state index in [1.165, 1.54) is 12.1 Å². The topological polar surface area (TPSA) is 89.4 Å². The van der Waals surface area contributed by atoms with Crippen LogP contribution in [0.1, 0.15) is 18.1 Å². The maximum absolute atomic E-state index is 10.7. The van der Waals surface area contributed by atoms with Gasteiger partial charge in [0.25, 0.3) is 5.69 Å². The number of rotatable bonds is 4. The van der Waals surface area contributed by atoms with Crippen molar-refractivity contribution in [1.82, 2.24) is 0 Å². The molecule has 0 saturated carbocycles. The molecule has 1 atom stereocenters. The van der Waals surface area contributed by atoms with Gasteiger partial charge < -0.3 is 10.8 Å². The van der Waals surface area contributed by atoms with Gasteiger partial charge in [-0.15, -0.1) is 11.6 Å². The summed E-state index contributed by atoms with van der Waals surface area (Å²) in [6.45, 7) is 1.76. The van der Waals surface area contributed by atoms with Crippen LogP contribution in [0.5, 0.6) is 5.75 Å². The predicted molar refractivity (Wildman–Crippen MR) is 61.7 cm³/mol. The number of phenols is 1. The van der Waals surface area contributed by atoms with Crippen LogP contribution in [0.15, 0.2) is 12.1 Å². The number of halogens is 1. The van der Waals surface area contributed by atoms with Gasteiger partial charge in [0, 0.05) is 29.3 Å². The zero-order valence-corrected chi connectivity index (χ0v) is 9.57. The third kappa shape index (κ3) is 2.84. The maximum atomic E-state index is 10.7. The quantitative estimate of drug-likeness (QED) is 0.481. The first-order valence-corrected chi connectivity index (χ1v) is 5.29. The van der Waals surface area contributed by atoms with Crippen molar-refractivity contribution in [2.24, 2.45) is 5.73 Å². The van der Waals surface area contributed by atoms with Crippen LogP contribution >= 0.6 is 11.6 Å². The molecule has 0 saturated heterocycles. The second-order valence-electron chi connectivity index (χ2n) is 3.68. The van der Waals surface area contributed by atoms with Crippen molar-refractivity contribution in [3.63, 3.8) is 0 Å². The van der Waals surface area contributed by atoms with Gasteiger partial charge >= 0.3 is 0 Å². The Bertz CT molecular complexity index is 407. The average Bonchev–Trinajstić information content (AvgIpc) is 2.20. The number of aromatic hydroxyl groups is 1. The fourth-order valence-corrected chi connectivity index (χ4v) is 1.66. The first-order valence-electron chi connectivity index (χ1n) is 4.76. The molecule has 0 bridgehead atoms. The summed E-state index contributed by atoms with van der Waals surface area (Å²) in [6, 6.07) is 2.41. The highest BCUT2D eigenvalue weighted by Gasteiger charge is 2.16. The Morgan fingerprint density at radius 3 is 2.56 bits per heavy atom.